The number of amides is 1. The van der Waals surface area contributed by atoms with Gasteiger partial charge in [-0.3, -0.25) is 4.79 Å². The molecule has 2 aromatic rings. The number of tetrazole rings is 1. The minimum absolute atomic E-state index is 0.217. The lowest BCUT2D eigenvalue weighted by molar-refractivity contribution is -0.153. The van der Waals surface area contributed by atoms with Crippen LogP contribution in [0.25, 0.3) is 6.08 Å². The summed E-state index contributed by atoms with van der Waals surface area (Å²) in [6.45, 7) is 2.68. The van der Waals surface area contributed by atoms with Gasteiger partial charge in [0.1, 0.15) is 6.04 Å². The number of aryl methyl sites for hydroxylation is 1. The number of hydrogen-bond donors (Lipinski definition) is 0. The fraction of sp³-hybridized carbons (Fsp3) is 0.421. The summed E-state index contributed by atoms with van der Waals surface area (Å²) in [5, 5.41) is 12.6. The average molecular weight is 404 g/mol. The van der Waals surface area contributed by atoms with Crippen LogP contribution in [0.15, 0.2) is 24.3 Å². The minimum atomic E-state index is -0.525. The molecule has 0 N–H and O–H groups in total. The summed E-state index contributed by atoms with van der Waals surface area (Å²) in [6.07, 6.45) is 5.60. The van der Waals surface area contributed by atoms with Crippen LogP contribution in [0, 0.1) is 6.92 Å². The van der Waals surface area contributed by atoms with Crippen LogP contribution in [0.4, 0.5) is 0 Å². The predicted octanol–water partition coefficient (Wildman–Crippen LogP) is 2.25. The van der Waals surface area contributed by atoms with Crippen LogP contribution in [0.5, 0.6) is 0 Å². The number of halogens is 1. The number of hydrogen-bond acceptors (Lipinski definition) is 6. The summed E-state index contributed by atoms with van der Waals surface area (Å²) in [4.78, 5) is 27.7. The smallest absolute Gasteiger partial charge is 0.328 e. The molecular formula is C19H22ClN5O3. The van der Waals surface area contributed by atoms with Crippen LogP contribution >= 0.6 is 11.6 Å². The van der Waals surface area contributed by atoms with Gasteiger partial charge < -0.3 is 9.64 Å². The van der Waals surface area contributed by atoms with Gasteiger partial charge in [-0.2, -0.15) is 4.80 Å². The first kappa shape index (κ1) is 20.0. The first-order valence-corrected chi connectivity index (χ1v) is 9.45. The Kier molecular flexibility index (Phi) is 6.41. The van der Waals surface area contributed by atoms with Crippen molar-refractivity contribution < 1.29 is 14.3 Å². The zero-order valence-corrected chi connectivity index (χ0v) is 16.6. The molecule has 28 heavy (non-hydrogen) atoms. The number of carbonyl (C=O) groups is 2. The number of likely N-dealkylation sites (tertiary alicyclic amines) is 1. The van der Waals surface area contributed by atoms with E-state index in [4.69, 9.17) is 16.3 Å². The molecule has 2 heterocycles. The van der Waals surface area contributed by atoms with Gasteiger partial charge in [-0.1, -0.05) is 17.7 Å². The maximum absolute atomic E-state index is 12.7. The van der Waals surface area contributed by atoms with E-state index in [0.29, 0.717) is 30.4 Å². The Balaban J connectivity index is 1.79. The Morgan fingerprint density at radius 2 is 2.18 bits per heavy atom. The SMILES string of the molecule is COC(=O)C1CCCCN1C(=O)/C=C/c1ccc(Cl)cc1Cn1nnc(C)n1. The van der Waals surface area contributed by atoms with E-state index < -0.39 is 6.04 Å². The van der Waals surface area contributed by atoms with Gasteiger partial charge in [0.15, 0.2) is 5.82 Å². The average Bonchev–Trinajstić information content (AvgIpc) is 3.11. The number of carbonyl (C=O) groups excluding carboxylic acids is 2. The number of piperidine rings is 1. The molecule has 0 saturated carbocycles. The molecule has 1 aliphatic heterocycles. The molecule has 8 nitrogen and oxygen atoms in total. The van der Waals surface area contributed by atoms with E-state index in [1.54, 1.807) is 24.0 Å². The van der Waals surface area contributed by atoms with Gasteiger partial charge in [0, 0.05) is 17.6 Å². The van der Waals surface area contributed by atoms with Crippen LogP contribution in [0.1, 0.15) is 36.2 Å². The van der Waals surface area contributed by atoms with E-state index in [9.17, 15) is 9.59 Å². The van der Waals surface area contributed by atoms with Crippen LogP contribution in [-0.4, -0.2) is 56.7 Å². The highest BCUT2D eigenvalue weighted by Gasteiger charge is 2.31. The lowest BCUT2D eigenvalue weighted by Gasteiger charge is -2.32. The highest BCUT2D eigenvalue weighted by atomic mass is 35.5. The number of methoxy groups -OCH3 is 1. The normalized spacial score (nSPS) is 17.1. The predicted molar refractivity (Wildman–Crippen MR) is 104 cm³/mol. The third-order valence-electron chi connectivity index (χ3n) is 4.63. The zero-order chi connectivity index (χ0) is 20.1. The molecule has 1 aromatic heterocycles. The van der Waals surface area contributed by atoms with Crippen molar-refractivity contribution in [1.82, 2.24) is 25.1 Å². The van der Waals surface area contributed by atoms with Gasteiger partial charge >= 0.3 is 5.97 Å². The Hall–Kier alpha value is -2.74. The van der Waals surface area contributed by atoms with Crippen LogP contribution in [0.2, 0.25) is 5.02 Å². The fourth-order valence-corrected chi connectivity index (χ4v) is 3.44. The van der Waals surface area contributed by atoms with Gasteiger partial charge in [-0.05, 0) is 60.7 Å². The van der Waals surface area contributed by atoms with Gasteiger partial charge in [-0.15, -0.1) is 10.2 Å². The third-order valence-corrected chi connectivity index (χ3v) is 4.87. The summed E-state index contributed by atoms with van der Waals surface area (Å²) < 4.78 is 4.84. The molecule has 0 bridgehead atoms. The fourth-order valence-electron chi connectivity index (χ4n) is 3.25. The standard InChI is InChI=1S/C19H22ClN5O3/c1-13-21-23-25(22-13)12-15-11-16(20)8-6-14(15)7-9-18(26)24-10-4-3-5-17(24)19(27)28-2/h6-9,11,17H,3-5,10,12H2,1-2H3/b9-7+. The zero-order valence-electron chi connectivity index (χ0n) is 15.8. The maximum Gasteiger partial charge on any atom is 0.328 e. The highest BCUT2D eigenvalue weighted by Crippen LogP contribution is 2.21. The van der Waals surface area contributed by atoms with Crippen molar-refractivity contribution in [3.8, 4) is 0 Å². The van der Waals surface area contributed by atoms with E-state index in [0.717, 1.165) is 24.0 Å². The van der Waals surface area contributed by atoms with Gasteiger partial charge in [0.05, 0.1) is 13.7 Å². The van der Waals surface area contributed by atoms with E-state index >= 15 is 0 Å². The lowest BCUT2D eigenvalue weighted by atomic mass is 10.0. The molecule has 1 aromatic carbocycles. The Morgan fingerprint density at radius 1 is 1.36 bits per heavy atom. The maximum atomic E-state index is 12.7. The van der Waals surface area contributed by atoms with Crippen LogP contribution in [-0.2, 0) is 20.9 Å². The van der Waals surface area contributed by atoms with E-state index in [1.165, 1.54) is 18.0 Å². The summed E-state index contributed by atoms with van der Waals surface area (Å²) in [5.41, 5.74) is 1.68. The summed E-state index contributed by atoms with van der Waals surface area (Å²) >= 11 is 6.13. The molecule has 0 spiro atoms. The number of esters is 1. The topological polar surface area (TPSA) is 90.2 Å². The second-order valence-electron chi connectivity index (χ2n) is 6.61. The van der Waals surface area contributed by atoms with Crippen molar-refractivity contribution in [2.45, 2.75) is 38.8 Å². The highest BCUT2D eigenvalue weighted by molar-refractivity contribution is 6.30. The molecule has 1 amide bonds. The Morgan fingerprint density at radius 3 is 2.89 bits per heavy atom. The molecular weight excluding hydrogens is 382 g/mol. The molecule has 1 aliphatic rings. The molecule has 1 fully saturated rings. The van der Waals surface area contributed by atoms with Crippen molar-refractivity contribution >= 4 is 29.6 Å². The minimum Gasteiger partial charge on any atom is -0.467 e. The summed E-state index contributed by atoms with van der Waals surface area (Å²) in [7, 11) is 1.34. The van der Waals surface area contributed by atoms with Gasteiger partial charge in [-0.25, -0.2) is 4.79 Å². The van der Waals surface area contributed by atoms with Gasteiger partial charge in [0.25, 0.3) is 0 Å². The Bertz CT molecular complexity index is 895. The molecule has 1 saturated heterocycles. The monoisotopic (exact) mass is 403 g/mol. The quantitative estimate of drug-likeness (QED) is 0.561. The van der Waals surface area contributed by atoms with Crippen LogP contribution in [0.3, 0.4) is 0 Å². The second-order valence-corrected chi connectivity index (χ2v) is 7.05. The van der Waals surface area contributed by atoms with Gasteiger partial charge in [0.2, 0.25) is 5.91 Å². The van der Waals surface area contributed by atoms with Crippen molar-refractivity contribution in [2.24, 2.45) is 0 Å². The second kappa shape index (κ2) is 8.97. The third kappa shape index (κ3) is 4.75. The van der Waals surface area contributed by atoms with Crippen molar-refractivity contribution in [1.29, 1.82) is 0 Å². The first-order valence-electron chi connectivity index (χ1n) is 9.07. The number of nitrogens with zero attached hydrogens (tertiary/aromatic N) is 5. The molecule has 1 atom stereocenters. The molecule has 0 radical (unpaired) electrons. The Labute approximate surface area is 168 Å². The van der Waals surface area contributed by atoms with Crippen molar-refractivity contribution in [2.75, 3.05) is 13.7 Å². The molecule has 148 valence electrons. The lowest BCUT2D eigenvalue weighted by Crippen LogP contribution is -2.47. The van der Waals surface area contributed by atoms with Crippen molar-refractivity contribution in [3.63, 3.8) is 0 Å². The van der Waals surface area contributed by atoms with E-state index in [1.807, 2.05) is 12.1 Å². The number of rotatable bonds is 5. The summed E-state index contributed by atoms with van der Waals surface area (Å²) in [6, 6.07) is 4.87. The largest absolute Gasteiger partial charge is 0.467 e. The van der Waals surface area contributed by atoms with Crippen LogP contribution < -0.4 is 0 Å². The molecule has 3 rings (SSSR count). The first-order chi connectivity index (χ1) is 13.5. The number of benzene rings is 1. The van der Waals surface area contributed by atoms with E-state index in [-0.39, 0.29) is 11.9 Å². The molecule has 1 unspecified atom stereocenters. The number of ether oxygens (including phenoxy) is 1. The van der Waals surface area contributed by atoms with Crippen molar-refractivity contribution in [3.05, 3.63) is 46.2 Å². The summed E-state index contributed by atoms with van der Waals surface area (Å²) in [5.74, 6) is -0.0137. The molecule has 9 heteroatoms. The van der Waals surface area contributed by atoms with E-state index in [2.05, 4.69) is 15.4 Å². The molecule has 0 aliphatic carbocycles. The number of aromatic nitrogens is 4.